The van der Waals surface area contributed by atoms with E-state index in [1.807, 2.05) is 0 Å². The molecule has 0 bridgehead atoms. The van der Waals surface area contributed by atoms with Crippen molar-refractivity contribution in [1.29, 1.82) is 0 Å². The van der Waals surface area contributed by atoms with Crippen LogP contribution < -0.4 is 0 Å². The minimum Gasteiger partial charge on any atom is -0.467 e. The molecule has 2 heterocycles. The van der Waals surface area contributed by atoms with Gasteiger partial charge in [-0.2, -0.15) is 0 Å². The first-order valence-corrected chi connectivity index (χ1v) is 6.52. The third kappa shape index (κ3) is 2.30. The molecule has 1 fully saturated rings. The molecule has 1 atom stereocenters. The number of methoxy groups -OCH3 is 1. The molecule has 4 nitrogen and oxygen atoms in total. The molecule has 1 aliphatic rings. The van der Waals surface area contributed by atoms with E-state index in [0.717, 1.165) is 6.42 Å². The Labute approximate surface area is 108 Å². The predicted molar refractivity (Wildman–Crippen MR) is 65.4 cm³/mol. The number of esters is 1. The van der Waals surface area contributed by atoms with Crippen LogP contribution in [0, 0.1) is 0 Å². The summed E-state index contributed by atoms with van der Waals surface area (Å²) >= 11 is 7.21. The summed E-state index contributed by atoms with van der Waals surface area (Å²) in [6, 6.07) is 1.22. The SMILES string of the molecule is COC(=O)C1CCCN1C(=O)c1sccc1Cl. The Kier molecular flexibility index (Phi) is 3.69. The number of halogens is 1. The second-order valence-corrected chi connectivity index (χ2v) is 5.10. The molecule has 6 heteroatoms. The van der Waals surface area contributed by atoms with Gasteiger partial charge in [0.15, 0.2) is 0 Å². The number of likely N-dealkylation sites (tertiary alicyclic amines) is 1. The monoisotopic (exact) mass is 273 g/mol. The Morgan fingerprint density at radius 1 is 1.59 bits per heavy atom. The zero-order valence-electron chi connectivity index (χ0n) is 9.31. The molecule has 2 rings (SSSR count). The van der Waals surface area contributed by atoms with Gasteiger partial charge in [0, 0.05) is 6.54 Å². The van der Waals surface area contributed by atoms with Crippen LogP contribution in [0.4, 0.5) is 0 Å². The van der Waals surface area contributed by atoms with Gasteiger partial charge in [-0.15, -0.1) is 11.3 Å². The molecule has 1 saturated heterocycles. The van der Waals surface area contributed by atoms with Crippen molar-refractivity contribution in [3.8, 4) is 0 Å². The Morgan fingerprint density at radius 3 is 2.94 bits per heavy atom. The number of rotatable bonds is 2. The maximum Gasteiger partial charge on any atom is 0.328 e. The standard InChI is InChI=1S/C11H12ClNO3S/c1-16-11(15)8-3-2-5-13(8)10(14)9-7(12)4-6-17-9/h4,6,8H,2-3,5H2,1H3. The first kappa shape index (κ1) is 12.4. The Bertz CT molecular complexity index is 446. The van der Waals surface area contributed by atoms with Crippen LogP contribution >= 0.6 is 22.9 Å². The summed E-state index contributed by atoms with van der Waals surface area (Å²) < 4.78 is 4.70. The van der Waals surface area contributed by atoms with E-state index < -0.39 is 6.04 Å². The van der Waals surface area contributed by atoms with Crippen molar-refractivity contribution in [1.82, 2.24) is 4.90 Å². The van der Waals surface area contributed by atoms with Crippen LogP contribution in [0.2, 0.25) is 5.02 Å². The average Bonchev–Trinajstić information content (AvgIpc) is 2.95. The van der Waals surface area contributed by atoms with Crippen LogP contribution in [0.1, 0.15) is 22.5 Å². The lowest BCUT2D eigenvalue weighted by Crippen LogP contribution is -2.40. The molecular weight excluding hydrogens is 262 g/mol. The topological polar surface area (TPSA) is 46.6 Å². The van der Waals surface area contributed by atoms with Crippen LogP contribution in [-0.4, -0.2) is 36.5 Å². The zero-order chi connectivity index (χ0) is 12.4. The van der Waals surface area contributed by atoms with Crippen LogP contribution in [0.15, 0.2) is 11.4 Å². The number of hydrogen-bond donors (Lipinski definition) is 0. The molecular formula is C11H12ClNO3S. The van der Waals surface area contributed by atoms with Crippen LogP contribution in [0.25, 0.3) is 0 Å². The second-order valence-electron chi connectivity index (χ2n) is 3.78. The summed E-state index contributed by atoms with van der Waals surface area (Å²) in [5.41, 5.74) is 0. The summed E-state index contributed by atoms with van der Waals surface area (Å²) in [4.78, 5) is 25.8. The number of amides is 1. The van der Waals surface area contributed by atoms with Gasteiger partial charge in [0.1, 0.15) is 10.9 Å². The number of carbonyl (C=O) groups is 2. The molecule has 1 aromatic heterocycles. The van der Waals surface area contributed by atoms with E-state index in [-0.39, 0.29) is 11.9 Å². The van der Waals surface area contributed by atoms with Crippen molar-refractivity contribution in [2.75, 3.05) is 13.7 Å². The fraction of sp³-hybridized carbons (Fsp3) is 0.455. The van der Waals surface area contributed by atoms with Gasteiger partial charge in [0.05, 0.1) is 12.1 Å². The van der Waals surface area contributed by atoms with Crippen molar-refractivity contribution in [3.63, 3.8) is 0 Å². The van der Waals surface area contributed by atoms with Crippen molar-refractivity contribution < 1.29 is 14.3 Å². The zero-order valence-corrected chi connectivity index (χ0v) is 10.9. The normalized spacial score (nSPS) is 19.4. The third-order valence-corrected chi connectivity index (χ3v) is 4.13. The fourth-order valence-corrected chi connectivity index (χ4v) is 3.06. The van der Waals surface area contributed by atoms with E-state index in [0.29, 0.717) is 22.9 Å². The van der Waals surface area contributed by atoms with Crippen molar-refractivity contribution in [2.24, 2.45) is 0 Å². The number of thiophene rings is 1. The number of carbonyl (C=O) groups excluding carboxylic acids is 2. The highest BCUT2D eigenvalue weighted by atomic mass is 35.5. The van der Waals surface area contributed by atoms with Gasteiger partial charge in [-0.1, -0.05) is 11.6 Å². The summed E-state index contributed by atoms with van der Waals surface area (Å²) in [6.07, 6.45) is 1.47. The summed E-state index contributed by atoms with van der Waals surface area (Å²) in [7, 11) is 1.33. The van der Waals surface area contributed by atoms with Crippen LogP contribution in [0.3, 0.4) is 0 Å². The molecule has 0 aromatic carbocycles. The van der Waals surface area contributed by atoms with E-state index in [1.54, 1.807) is 16.3 Å². The minimum absolute atomic E-state index is 0.182. The van der Waals surface area contributed by atoms with E-state index >= 15 is 0 Å². The summed E-state index contributed by atoms with van der Waals surface area (Å²) in [6.45, 7) is 0.576. The summed E-state index contributed by atoms with van der Waals surface area (Å²) in [5, 5.41) is 2.20. The number of hydrogen-bond acceptors (Lipinski definition) is 4. The molecule has 0 spiro atoms. The Hall–Kier alpha value is -1.07. The van der Waals surface area contributed by atoms with Crippen molar-refractivity contribution in [3.05, 3.63) is 21.3 Å². The average molecular weight is 274 g/mol. The van der Waals surface area contributed by atoms with Crippen LogP contribution in [-0.2, 0) is 9.53 Å². The molecule has 0 saturated carbocycles. The van der Waals surface area contributed by atoms with E-state index in [1.165, 1.54) is 18.4 Å². The van der Waals surface area contributed by atoms with E-state index in [4.69, 9.17) is 16.3 Å². The summed E-state index contributed by atoms with van der Waals surface area (Å²) in [5.74, 6) is -0.540. The molecule has 1 amide bonds. The number of nitrogens with zero attached hydrogens (tertiary/aromatic N) is 1. The maximum absolute atomic E-state index is 12.2. The highest BCUT2D eigenvalue weighted by Crippen LogP contribution is 2.27. The van der Waals surface area contributed by atoms with Gasteiger partial charge in [-0.3, -0.25) is 4.79 Å². The minimum atomic E-state index is -0.467. The van der Waals surface area contributed by atoms with E-state index in [9.17, 15) is 9.59 Å². The van der Waals surface area contributed by atoms with Gasteiger partial charge in [0.2, 0.25) is 0 Å². The molecule has 17 heavy (non-hydrogen) atoms. The highest BCUT2D eigenvalue weighted by Gasteiger charge is 2.36. The van der Waals surface area contributed by atoms with Gasteiger partial charge in [0.25, 0.3) is 5.91 Å². The van der Waals surface area contributed by atoms with Gasteiger partial charge in [-0.05, 0) is 24.3 Å². The quantitative estimate of drug-likeness (QED) is 0.776. The molecule has 0 N–H and O–H groups in total. The second kappa shape index (κ2) is 5.06. The van der Waals surface area contributed by atoms with Crippen molar-refractivity contribution in [2.45, 2.75) is 18.9 Å². The smallest absolute Gasteiger partial charge is 0.328 e. The molecule has 0 radical (unpaired) electrons. The first-order valence-electron chi connectivity index (χ1n) is 5.27. The molecule has 0 aliphatic carbocycles. The molecule has 1 aromatic rings. The number of ether oxygens (including phenoxy) is 1. The largest absolute Gasteiger partial charge is 0.467 e. The molecule has 92 valence electrons. The highest BCUT2D eigenvalue weighted by molar-refractivity contribution is 7.12. The van der Waals surface area contributed by atoms with Gasteiger partial charge < -0.3 is 9.64 Å². The maximum atomic E-state index is 12.2. The lowest BCUT2D eigenvalue weighted by atomic mass is 10.2. The fourth-order valence-electron chi connectivity index (χ4n) is 1.97. The predicted octanol–water partition coefficient (Wildman–Crippen LogP) is 2.18. The van der Waals surface area contributed by atoms with Crippen molar-refractivity contribution >= 4 is 34.8 Å². The van der Waals surface area contributed by atoms with Gasteiger partial charge in [-0.25, -0.2) is 4.79 Å². The molecule has 1 aliphatic heterocycles. The van der Waals surface area contributed by atoms with Crippen LogP contribution in [0.5, 0.6) is 0 Å². The Balaban J connectivity index is 2.19. The first-order chi connectivity index (χ1) is 8.15. The third-order valence-electron chi connectivity index (χ3n) is 2.80. The molecule has 1 unspecified atom stereocenters. The van der Waals surface area contributed by atoms with Gasteiger partial charge >= 0.3 is 5.97 Å². The van der Waals surface area contributed by atoms with E-state index in [2.05, 4.69) is 0 Å². The Morgan fingerprint density at radius 2 is 2.35 bits per heavy atom. The lowest BCUT2D eigenvalue weighted by Gasteiger charge is -2.22. The lowest BCUT2D eigenvalue weighted by molar-refractivity contribution is -0.145.